The highest BCUT2D eigenvalue weighted by Gasteiger charge is 1.99. The van der Waals surface area contributed by atoms with Gasteiger partial charge in [-0.1, -0.05) is 24.6 Å². The van der Waals surface area contributed by atoms with Gasteiger partial charge in [0.25, 0.3) is 0 Å². The van der Waals surface area contributed by atoms with Crippen LogP contribution in [0.5, 0.6) is 0 Å². The van der Waals surface area contributed by atoms with E-state index in [4.69, 9.17) is 11.6 Å². The number of halogens is 1. The van der Waals surface area contributed by atoms with Crippen molar-refractivity contribution in [1.82, 2.24) is 9.78 Å². The van der Waals surface area contributed by atoms with E-state index < -0.39 is 0 Å². The van der Waals surface area contributed by atoms with E-state index in [9.17, 15) is 0 Å². The first-order valence-corrected chi connectivity index (χ1v) is 4.98. The molecule has 0 saturated carbocycles. The third-order valence-corrected chi connectivity index (χ3v) is 2.31. The van der Waals surface area contributed by atoms with E-state index in [1.165, 1.54) is 0 Å². The van der Waals surface area contributed by atoms with Crippen LogP contribution in [-0.2, 0) is 6.42 Å². The second-order valence-electron chi connectivity index (χ2n) is 3.09. The second-order valence-corrected chi connectivity index (χ2v) is 3.52. The largest absolute Gasteiger partial charge is 0.241 e. The lowest BCUT2D eigenvalue weighted by Gasteiger charge is -2.00. The number of hydrogen-bond acceptors (Lipinski definition) is 1. The van der Waals surface area contributed by atoms with E-state index in [0.29, 0.717) is 0 Å². The Kier molecular flexibility index (Phi) is 2.55. The van der Waals surface area contributed by atoms with Gasteiger partial charge >= 0.3 is 0 Å². The number of benzene rings is 1. The molecule has 0 aliphatic heterocycles. The molecule has 1 aromatic heterocycles. The molecule has 2 nitrogen and oxygen atoms in total. The predicted molar refractivity (Wildman–Crippen MR) is 58.0 cm³/mol. The number of hydrogen-bond donors (Lipinski definition) is 0. The standard InChI is InChI=1S/C11H11ClN2/c1-2-10-6-7-14(13-10)11-5-3-4-9(12)8-11/h3-8H,2H2,1H3. The van der Waals surface area contributed by atoms with Gasteiger partial charge in [0.15, 0.2) is 0 Å². The summed E-state index contributed by atoms with van der Waals surface area (Å²) in [6, 6.07) is 9.67. The molecule has 0 aliphatic carbocycles. The van der Waals surface area contributed by atoms with Crippen molar-refractivity contribution in [3.63, 3.8) is 0 Å². The van der Waals surface area contributed by atoms with Crippen molar-refractivity contribution in [2.24, 2.45) is 0 Å². The minimum atomic E-state index is 0.732. The molecule has 0 bridgehead atoms. The van der Waals surface area contributed by atoms with Crippen molar-refractivity contribution in [2.45, 2.75) is 13.3 Å². The number of aryl methyl sites for hydroxylation is 1. The Morgan fingerprint density at radius 2 is 2.21 bits per heavy atom. The van der Waals surface area contributed by atoms with Gasteiger partial charge in [-0.05, 0) is 30.7 Å². The zero-order valence-corrected chi connectivity index (χ0v) is 8.70. The molecule has 2 rings (SSSR count). The summed E-state index contributed by atoms with van der Waals surface area (Å²) >= 11 is 5.89. The van der Waals surface area contributed by atoms with Gasteiger partial charge in [-0.15, -0.1) is 0 Å². The van der Waals surface area contributed by atoms with Crippen molar-refractivity contribution in [3.05, 3.63) is 47.2 Å². The van der Waals surface area contributed by atoms with Crippen LogP contribution >= 0.6 is 11.6 Å². The lowest BCUT2D eigenvalue weighted by atomic mass is 10.3. The third-order valence-electron chi connectivity index (χ3n) is 2.08. The van der Waals surface area contributed by atoms with Crippen molar-refractivity contribution in [1.29, 1.82) is 0 Å². The zero-order valence-electron chi connectivity index (χ0n) is 7.94. The molecule has 0 spiro atoms. The summed E-state index contributed by atoms with van der Waals surface area (Å²) in [4.78, 5) is 0. The molecule has 1 heterocycles. The third kappa shape index (κ3) is 1.80. The van der Waals surface area contributed by atoms with Crippen LogP contribution in [-0.4, -0.2) is 9.78 Å². The maximum Gasteiger partial charge on any atom is 0.0660 e. The molecule has 1 aromatic carbocycles. The van der Waals surface area contributed by atoms with E-state index in [1.807, 2.05) is 41.2 Å². The molecule has 72 valence electrons. The number of rotatable bonds is 2. The van der Waals surface area contributed by atoms with Crippen molar-refractivity contribution < 1.29 is 0 Å². The van der Waals surface area contributed by atoms with Crippen LogP contribution in [0.15, 0.2) is 36.5 Å². The fourth-order valence-corrected chi connectivity index (χ4v) is 1.50. The van der Waals surface area contributed by atoms with Gasteiger partial charge in [-0.25, -0.2) is 4.68 Å². The Morgan fingerprint density at radius 1 is 1.36 bits per heavy atom. The summed E-state index contributed by atoms with van der Waals surface area (Å²) in [5.41, 5.74) is 2.09. The minimum Gasteiger partial charge on any atom is -0.241 e. The van der Waals surface area contributed by atoms with E-state index in [-0.39, 0.29) is 0 Å². The Hall–Kier alpha value is -1.28. The maximum atomic E-state index is 5.89. The van der Waals surface area contributed by atoms with Crippen LogP contribution in [0.4, 0.5) is 0 Å². The molecule has 0 unspecified atom stereocenters. The highest BCUT2D eigenvalue weighted by Crippen LogP contribution is 2.14. The predicted octanol–water partition coefficient (Wildman–Crippen LogP) is 3.09. The van der Waals surface area contributed by atoms with Crippen molar-refractivity contribution in [2.75, 3.05) is 0 Å². The van der Waals surface area contributed by atoms with Crippen molar-refractivity contribution >= 4 is 11.6 Å². The minimum absolute atomic E-state index is 0.732. The smallest absolute Gasteiger partial charge is 0.0660 e. The molecular weight excluding hydrogens is 196 g/mol. The molecule has 2 aromatic rings. The first-order valence-electron chi connectivity index (χ1n) is 4.60. The first kappa shape index (κ1) is 9.28. The number of nitrogens with zero attached hydrogens (tertiary/aromatic N) is 2. The average Bonchev–Trinajstić information content (AvgIpc) is 2.66. The van der Waals surface area contributed by atoms with E-state index in [0.717, 1.165) is 22.8 Å². The van der Waals surface area contributed by atoms with Gasteiger partial charge in [0, 0.05) is 11.2 Å². The fourth-order valence-electron chi connectivity index (χ4n) is 1.31. The lowest BCUT2D eigenvalue weighted by Crippen LogP contribution is -1.95. The van der Waals surface area contributed by atoms with Crippen LogP contribution in [0, 0.1) is 0 Å². The number of aromatic nitrogens is 2. The molecule has 0 radical (unpaired) electrons. The Morgan fingerprint density at radius 3 is 2.86 bits per heavy atom. The molecule has 0 aliphatic rings. The molecule has 0 atom stereocenters. The summed E-state index contributed by atoms with van der Waals surface area (Å²) in [7, 11) is 0. The van der Waals surface area contributed by atoms with E-state index >= 15 is 0 Å². The molecule has 0 saturated heterocycles. The average molecular weight is 207 g/mol. The summed E-state index contributed by atoms with van der Waals surface area (Å²) in [5.74, 6) is 0. The Bertz CT molecular complexity index is 434. The fraction of sp³-hybridized carbons (Fsp3) is 0.182. The van der Waals surface area contributed by atoms with Crippen LogP contribution in [0.3, 0.4) is 0 Å². The second kappa shape index (κ2) is 3.84. The summed E-state index contributed by atoms with van der Waals surface area (Å²) in [6.07, 6.45) is 2.90. The van der Waals surface area contributed by atoms with Gasteiger partial charge in [-0.3, -0.25) is 0 Å². The highest BCUT2D eigenvalue weighted by atomic mass is 35.5. The van der Waals surface area contributed by atoms with Gasteiger partial charge in [0.1, 0.15) is 0 Å². The molecule has 14 heavy (non-hydrogen) atoms. The molecule has 0 N–H and O–H groups in total. The van der Waals surface area contributed by atoms with E-state index in [1.54, 1.807) is 0 Å². The van der Waals surface area contributed by atoms with Gasteiger partial charge < -0.3 is 0 Å². The van der Waals surface area contributed by atoms with Crippen LogP contribution < -0.4 is 0 Å². The zero-order chi connectivity index (χ0) is 9.97. The molecule has 3 heteroatoms. The Labute approximate surface area is 88.1 Å². The van der Waals surface area contributed by atoms with Gasteiger partial charge in [0.05, 0.1) is 11.4 Å². The van der Waals surface area contributed by atoms with Crippen LogP contribution in [0.25, 0.3) is 5.69 Å². The summed E-state index contributed by atoms with van der Waals surface area (Å²) in [5, 5.41) is 5.13. The monoisotopic (exact) mass is 206 g/mol. The van der Waals surface area contributed by atoms with Crippen LogP contribution in [0.2, 0.25) is 5.02 Å². The summed E-state index contributed by atoms with van der Waals surface area (Å²) in [6.45, 7) is 2.09. The first-order chi connectivity index (χ1) is 6.79. The van der Waals surface area contributed by atoms with Crippen LogP contribution in [0.1, 0.15) is 12.6 Å². The topological polar surface area (TPSA) is 17.8 Å². The van der Waals surface area contributed by atoms with Crippen molar-refractivity contribution in [3.8, 4) is 5.69 Å². The Balaban J connectivity index is 2.39. The normalized spacial score (nSPS) is 10.4. The molecular formula is C11H11ClN2. The highest BCUT2D eigenvalue weighted by molar-refractivity contribution is 6.30. The quantitative estimate of drug-likeness (QED) is 0.739. The van der Waals surface area contributed by atoms with E-state index in [2.05, 4.69) is 12.0 Å². The summed E-state index contributed by atoms with van der Waals surface area (Å²) < 4.78 is 1.84. The molecule has 0 amide bonds. The van der Waals surface area contributed by atoms with Gasteiger partial charge in [-0.2, -0.15) is 5.10 Å². The van der Waals surface area contributed by atoms with Gasteiger partial charge in [0.2, 0.25) is 0 Å². The lowest BCUT2D eigenvalue weighted by molar-refractivity contribution is 0.841. The molecule has 0 fully saturated rings. The SMILES string of the molecule is CCc1ccn(-c2cccc(Cl)c2)n1. The maximum absolute atomic E-state index is 5.89.